The fraction of sp³-hybridized carbons (Fsp3) is 0.500. The first-order chi connectivity index (χ1) is 6.18. The largest absolute Gasteiger partial charge is 0.324 e. The van der Waals surface area contributed by atoms with Gasteiger partial charge in [-0.15, -0.1) is 0 Å². The summed E-state index contributed by atoms with van der Waals surface area (Å²) in [5.41, 5.74) is 10.2. The molecular weight excluding hydrogens is 158 g/mol. The fourth-order valence-corrected chi connectivity index (χ4v) is 2.03. The van der Waals surface area contributed by atoms with E-state index in [1.165, 1.54) is 16.7 Å². The summed E-state index contributed by atoms with van der Waals surface area (Å²) in [6.45, 7) is 4.47. The molecule has 0 fully saturated rings. The zero-order valence-corrected chi connectivity index (χ0v) is 8.38. The molecule has 0 spiro atoms. The van der Waals surface area contributed by atoms with Gasteiger partial charge in [0.15, 0.2) is 0 Å². The highest BCUT2D eigenvalue weighted by Gasteiger charge is 2.18. The standard InChI is InChI=1S/C12H17N/c1-8(2)9-3-5-11-10(7-9)4-6-12(11)13/h3,5,7-8,12H,4,6,13H2,1-2H3/t12-/m1/s1. The predicted molar refractivity (Wildman–Crippen MR) is 55.8 cm³/mol. The summed E-state index contributed by atoms with van der Waals surface area (Å²) in [7, 11) is 0. The maximum atomic E-state index is 5.97. The number of nitrogens with two attached hydrogens (primary N) is 1. The van der Waals surface area contributed by atoms with Gasteiger partial charge in [-0.05, 0) is 35.4 Å². The van der Waals surface area contributed by atoms with Gasteiger partial charge in [-0.1, -0.05) is 32.0 Å². The van der Waals surface area contributed by atoms with Crippen LogP contribution >= 0.6 is 0 Å². The SMILES string of the molecule is CC(C)c1ccc2c(c1)CC[C@H]2N. The second-order valence-corrected chi connectivity index (χ2v) is 4.26. The van der Waals surface area contributed by atoms with Crippen LogP contribution in [0.4, 0.5) is 0 Å². The first-order valence-electron chi connectivity index (χ1n) is 5.07. The lowest BCUT2D eigenvalue weighted by molar-refractivity contribution is 0.713. The maximum Gasteiger partial charge on any atom is 0.0300 e. The van der Waals surface area contributed by atoms with Gasteiger partial charge in [0.05, 0.1) is 0 Å². The molecule has 0 bridgehead atoms. The third-order valence-corrected chi connectivity index (χ3v) is 2.96. The van der Waals surface area contributed by atoms with Gasteiger partial charge in [0.25, 0.3) is 0 Å². The lowest BCUT2D eigenvalue weighted by atomic mass is 9.98. The summed E-state index contributed by atoms with van der Waals surface area (Å²) in [6, 6.07) is 7.04. The summed E-state index contributed by atoms with van der Waals surface area (Å²) < 4.78 is 0. The Morgan fingerprint density at radius 3 is 2.85 bits per heavy atom. The minimum absolute atomic E-state index is 0.288. The predicted octanol–water partition coefficient (Wildman–Crippen LogP) is 2.76. The molecule has 1 aromatic rings. The molecule has 0 saturated carbocycles. The summed E-state index contributed by atoms with van der Waals surface area (Å²) >= 11 is 0. The number of hydrogen-bond donors (Lipinski definition) is 1. The molecule has 0 aliphatic heterocycles. The van der Waals surface area contributed by atoms with Gasteiger partial charge in [-0.2, -0.15) is 0 Å². The number of benzene rings is 1. The van der Waals surface area contributed by atoms with Gasteiger partial charge in [-0.3, -0.25) is 0 Å². The van der Waals surface area contributed by atoms with E-state index in [1.54, 1.807) is 0 Å². The smallest absolute Gasteiger partial charge is 0.0300 e. The fourth-order valence-electron chi connectivity index (χ4n) is 2.03. The lowest BCUT2D eigenvalue weighted by Crippen LogP contribution is -2.05. The van der Waals surface area contributed by atoms with Crippen molar-refractivity contribution in [3.63, 3.8) is 0 Å². The van der Waals surface area contributed by atoms with Crippen molar-refractivity contribution in [2.24, 2.45) is 5.73 Å². The van der Waals surface area contributed by atoms with E-state index in [2.05, 4.69) is 32.0 Å². The van der Waals surface area contributed by atoms with Gasteiger partial charge in [0.2, 0.25) is 0 Å². The quantitative estimate of drug-likeness (QED) is 0.697. The molecule has 1 atom stereocenters. The maximum absolute atomic E-state index is 5.97. The van der Waals surface area contributed by atoms with Crippen LogP contribution in [0.3, 0.4) is 0 Å². The Morgan fingerprint density at radius 2 is 2.15 bits per heavy atom. The van der Waals surface area contributed by atoms with E-state index in [0.717, 1.165) is 12.8 Å². The van der Waals surface area contributed by atoms with Gasteiger partial charge in [0.1, 0.15) is 0 Å². The summed E-state index contributed by atoms with van der Waals surface area (Å²) in [4.78, 5) is 0. The van der Waals surface area contributed by atoms with Crippen LogP contribution in [0.5, 0.6) is 0 Å². The van der Waals surface area contributed by atoms with E-state index in [4.69, 9.17) is 5.73 Å². The van der Waals surface area contributed by atoms with E-state index in [9.17, 15) is 0 Å². The highest BCUT2D eigenvalue weighted by atomic mass is 14.6. The van der Waals surface area contributed by atoms with Crippen molar-refractivity contribution in [3.8, 4) is 0 Å². The minimum atomic E-state index is 0.288. The molecule has 0 aromatic heterocycles. The highest BCUT2D eigenvalue weighted by Crippen LogP contribution is 2.31. The molecule has 1 aliphatic rings. The lowest BCUT2D eigenvalue weighted by Gasteiger charge is -2.09. The Morgan fingerprint density at radius 1 is 1.38 bits per heavy atom. The molecule has 1 heteroatoms. The molecule has 0 saturated heterocycles. The van der Waals surface area contributed by atoms with E-state index >= 15 is 0 Å². The molecule has 0 radical (unpaired) electrons. The van der Waals surface area contributed by atoms with Gasteiger partial charge < -0.3 is 5.73 Å². The van der Waals surface area contributed by atoms with Crippen LogP contribution in [0.15, 0.2) is 18.2 Å². The molecule has 13 heavy (non-hydrogen) atoms. The topological polar surface area (TPSA) is 26.0 Å². The van der Waals surface area contributed by atoms with Crippen molar-refractivity contribution in [3.05, 3.63) is 34.9 Å². The molecule has 2 rings (SSSR count). The Labute approximate surface area is 80.0 Å². The van der Waals surface area contributed by atoms with Crippen molar-refractivity contribution in [2.45, 2.75) is 38.6 Å². The average molecular weight is 175 g/mol. The minimum Gasteiger partial charge on any atom is -0.324 e. The molecule has 1 aromatic carbocycles. The van der Waals surface area contributed by atoms with E-state index in [0.29, 0.717) is 5.92 Å². The van der Waals surface area contributed by atoms with Crippen LogP contribution in [0.2, 0.25) is 0 Å². The summed E-state index contributed by atoms with van der Waals surface area (Å²) in [5.74, 6) is 0.627. The average Bonchev–Trinajstić information content (AvgIpc) is 2.47. The summed E-state index contributed by atoms with van der Waals surface area (Å²) in [6.07, 6.45) is 2.29. The molecule has 2 N–H and O–H groups in total. The van der Waals surface area contributed by atoms with Crippen LogP contribution in [0.25, 0.3) is 0 Å². The third-order valence-electron chi connectivity index (χ3n) is 2.96. The first kappa shape index (κ1) is 8.76. The second kappa shape index (κ2) is 3.15. The zero-order valence-electron chi connectivity index (χ0n) is 8.38. The number of rotatable bonds is 1. The number of hydrogen-bond acceptors (Lipinski definition) is 1. The molecular formula is C12H17N. The highest BCUT2D eigenvalue weighted by molar-refractivity contribution is 5.38. The van der Waals surface area contributed by atoms with E-state index in [-0.39, 0.29) is 6.04 Å². The molecule has 0 unspecified atom stereocenters. The first-order valence-corrected chi connectivity index (χ1v) is 5.07. The monoisotopic (exact) mass is 175 g/mol. The number of aryl methyl sites for hydroxylation is 1. The number of fused-ring (bicyclic) bond motifs is 1. The van der Waals surface area contributed by atoms with Crippen molar-refractivity contribution in [2.75, 3.05) is 0 Å². The van der Waals surface area contributed by atoms with E-state index < -0.39 is 0 Å². The zero-order chi connectivity index (χ0) is 9.42. The molecule has 70 valence electrons. The van der Waals surface area contributed by atoms with Crippen molar-refractivity contribution in [1.29, 1.82) is 0 Å². The van der Waals surface area contributed by atoms with Crippen molar-refractivity contribution >= 4 is 0 Å². The normalized spacial score (nSPS) is 20.8. The van der Waals surface area contributed by atoms with Crippen LogP contribution in [-0.4, -0.2) is 0 Å². The molecule has 1 nitrogen and oxygen atoms in total. The summed E-state index contributed by atoms with van der Waals surface area (Å²) in [5, 5.41) is 0. The van der Waals surface area contributed by atoms with Crippen LogP contribution in [0.1, 0.15) is 48.9 Å². The van der Waals surface area contributed by atoms with Gasteiger partial charge in [0, 0.05) is 6.04 Å². The Bertz CT molecular complexity index is 315. The van der Waals surface area contributed by atoms with Crippen LogP contribution in [-0.2, 0) is 6.42 Å². The van der Waals surface area contributed by atoms with Crippen molar-refractivity contribution in [1.82, 2.24) is 0 Å². The van der Waals surface area contributed by atoms with E-state index in [1.807, 2.05) is 0 Å². The van der Waals surface area contributed by atoms with Crippen molar-refractivity contribution < 1.29 is 0 Å². The Kier molecular flexibility index (Phi) is 2.12. The van der Waals surface area contributed by atoms with Crippen LogP contribution < -0.4 is 5.73 Å². The third kappa shape index (κ3) is 1.49. The Hall–Kier alpha value is -0.820. The van der Waals surface area contributed by atoms with Gasteiger partial charge >= 0.3 is 0 Å². The molecule has 1 aliphatic carbocycles. The Balaban J connectivity index is 2.40. The molecule has 0 amide bonds. The van der Waals surface area contributed by atoms with Crippen LogP contribution in [0, 0.1) is 0 Å². The second-order valence-electron chi connectivity index (χ2n) is 4.26. The van der Waals surface area contributed by atoms with Gasteiger partial charge in [-0.25, -0.2) is 0 Å². The molecule has 0 heterocycles.